The topological polar surface area (TPSA) is 66.9 Å². The lowest BCUT2D eigenvalue weighted by atomic mass is 10.1. The Bertz CT molecular complexity index is 1010. The van der Waals surface area contributed by atoms with E-state index in [0.29, 0.717) is 17.9 Å². The number of unbranched alkanes of at least 4 members (excludes halogenated alkanes) is 5. The summed E-state index contributed by atoms with van der Waals surface area (Å²) in [5.74, 6) is 0.0698. The number of sulfonamides is 1. The SMILES string of the molecule is CCCCCCCCN1C(=O)N(Cc2ccc(OC)cc2)S(=O)(=O)c2ccc(F)cc21. The molecule has 3 rings (SSSR count). The molecule has 1 aliphatic heterocycles. The molecule has 2 amide bonds. The second-order valence-corrected chi connectivity index (χ2v) is 9.50. The zero-order valence-electron chi connectivity index (χ0n) is 18.0. The van der Waals surface area contributed by atoms with Crippen LogP contribution < -0.4 is 9.64 Å². The number of methoxy groups -OCH3 is 1. The summed E-state index contributed by atoms with van der Waals surface area (Å²) in [5, 5.41) is 0. The zero-order chi connectivity index (χ0) is 22.4. The maximum absolute atomic E-state index is 13.9. The Morgan fingerprint density at radius 1 is 0.968 bits per heavy atom. The number of ether oxygens (including phenoxy) is 1. The van der Waals surface area contributed by atoms with Gasteiger partial charge in [0, 0.05) is 6.54 Å². The highest BCUT2D eigenvalue weighted by Gasteiger charge is 2.41. The molecule has 8 heteroatoms. The summed E-state index contributed by atoms with van der Waals surface area (Å²) >= 11 is 0. The van der Waals surface area contributed by atoms with Crippen LogP contribution >= 0.6 is 0 Å². The standard InChI is InChI=1S/C23H29FN2O4S/c1-3-4-5-6-7-8-15-25-21-16-19(24)11-14-22(21)31(28,29)26(23(25)27)17-18-9-12-20(30-2)13-10-18/h9-14,16H,3-8,15,17H2,1-2H3. The van der Waals surface area contributed by atoms with Gasteiger partial charge in [0.05, 0.1) is 19.3 Å². The molecule has 0 aliphatic carbocycles. The van der Waals surface area contributed by atoms with Gasteiger partial charge in [-0.25, -0.2) is 21.9 Å². The summed E-state index contributed by atoms with van der Waals surface area (Å²) in [6, 6.07) is 9.71. The van der Waals surface area contributed by atoms with Crippen molar-refractivity contribution in [3.8, 4) is 5.75 Å². The molecule has 0 saturated heterocycles. The van der Waals surface area contributed by atoms with Gasteiger partial charge < -0.3 is 4.74 Å². The Labute approximate surface area is 183 Å². The van der Waals surface area contributed by atoms with Gasteiger partial charge in [0.1, 0.15) is 16.5 Å². The van der Waals surface area contributed by atoms with Crippen molar-refractivity contribution in [1.82, 2.24) is 4.31 Å². The van der Waals surface area contributed by atoms with Gasteiger partial charge in [0.25, 0.3) is 10.0 Å². The molecule has 0 aromatic heterocycles. The monoisotopic (exact) mass is 448 g/mol. The largest absolute Gasteiger partial charge is 0.497 e. The van der Waals surface area contributed by atoms with Crippen molar-refractivity contribution >= 4 is 21.7 Å². The predicted octanol–water partition coefficient (Wildman–Crippen LogP) is 5.33. The second-order valence-electron chi connectivity index (χ2n) is 7.67. The van der Waals surface area contributed by atoms with Crippen LogP contribution in [-0.4, -0.2) is 32.4 Å². The highest BCUT2D eigenvalue weighted by molar-refractivity contribution is 7.90. The number of hydrogen-bond donors (Lipinski definition) is 0. The van der Waals surface area contributed by atoms with E-state index in [9.17, 15) is 17.6 Å². The van der Waals surface area contributed by atoms with Gasteiger partial charge in [0.15, 0.2) is 0 Å². The van der Waals surface area contributed by atoms with Crippen LogP contribution in [0.5, 0.6) is 5.75 Å². The van der Waals surface area contributed by atoms with Crippen LogP contribution in [0.25, 0.3) is 0 Å². The highest BCUT2D eigenvalue weighted by Crippen LogP contribution is 2.36. The van der Waals surface area contributed by atoms with E-state index in [1.165, 1.54) is 17.4 Å². The fourth-order valence-corrected chi connectivity index (χ4v) is 5.23. The van der Waals surface area contributed by atoms with Gasteiger partial charge in [-0.2, -0.15) is 0 Å². The van der Waals surface area contributed by atoms with E-state index < -0.39 is 21.9 Å². The van der Waals surface area contributed by atoms with Crippen LogP contribution in [0.15, 0.2) is 47.4 Å². The van der Waals surface area contributed by atoms with Crippen molar-refractivity contribution in [1.29, 1.82) is 0 Å². The first-order chi connectivity index (χ1) is 14.9. The van der Waals surface area contributed by atoms with Gasteiger partial charge in [0.2, 0.25) is 0 Å². The smallest absolute Gasteiger partial charge is 0.338 e. The van der Waals surface area contributed by atoms with Crippen LogP contribution in [0.2, 0.25) is 0 Å². The molecule has 0 N–H and O–H groups in total. The minimum Gasteiger partial charge on any atom is -0.497 e. The van der Waals surface area contributed by atoms with E-state index >= 15 is 0 Å². The third kappa shape index (κ3) is 5.18. The van der Waals surface area contributed by atoms with E-state index in [0.717, 1.165) is 48.5 Å². The Balaban J connectivity index is 1.86. The number of anilines is 1. The van der Waals surface area contributed by atoms with Crippen LogP contribution in [0.3, 0.4) is 0 Å². The molecule has 0 fully saturated rings. The summed E-state index contributed by atoms with van der Waals surface area (Å²) in [5.41, 5.74) is 0.771. The number of carbonyl (C=O) groups excluding carboxylic acids is 1. The third-order valence-corrected chi connectivity index (χ3v) is 7.21. The number of benzene rings is 2. The summed E-state index contributed by atoms with van der Waals surface area (Å²) in [6.45, 7) is 2.39. The summed E-state index contributed by atoms with van der Waals surface area (Å²) < 4.78 is 46.3. The first-order valence-corrected chi connectivity index (χ1v) is 12.1. The third-order valence-electron chi connectivity index (χ3n) is 5.44. The lowest BCUT2D eigenvalue weighted by Gasteiger charge is -2.36. The maximum atomic E-state index is 13.9. The van der Waals surface area contributed by atoms with Crippen LogP contribution in [-0.2, 0) is 16.6 Å². The number of halogens is 1. The second kappa shape index (κ2) is 10.1. The fourth-order valence-electron chi connectivity index (χ4n) is 3.69. The molecule has 0 unspecified atom stereocenters. The predicted molar refractivity (Wildman–Crippen MR) is 118 cm³/mol. The maximum Gasteiger partial charge on any atom is 0.338 e. The molecular weight excluding hydrogens is 419 g/mol. The molecule has 1 heterocycles. The van der Waals surface area contributed by atoms with Crippen molar-refractivity contribution < 1.29 is 22.3 Å². The summed E-state index contributed by atoms with van der Waals surface area (Å²) in [6.07, 6.45) is 6.16. The Morgan fingerprint density at radius 2 is 1.65 bits per heavy atom. The van der Waals surface area contributed by atoms with Crippen LogP contribution in [0.1, 0.15) is 51.0 Å². The zero-order valence-corrected chi connectivity index (χ0v) is 18.8. The molecule has 168 valence electrons. The molecular formula is C23H29FN2O4S. The molecule has 2 aromatic carbocycles. The minimum atomic E-state index is -4.09. The summed E-state index contributed by atoms with van der Waals surface area (Å²) in [4.78, 5) is 14.6. The van der Waals surface area contributed by atoms with Gasteiger partial charge >= 0.3 is 6.03 Å². The van der Waals surface area contributed by atoms with Crippen LogP contribution in [0.4, 0.5) is 14.9 Å². The fraction of sp³-hybridized carbons (Fsp3) is 0.435. The van der Waals surface area contributed by atoms with Gasteiger partial charge in [-0.15, -0.1) is 0 Å². The number of amides is 2. The molecule has 1 aliphatic rings. The lowest BCUT2D eigenvalue weighted by molar-refractivity contribution is 0.226. The van der Waals surface area contributed by atoms with Crippen molar-refractivity contribution in [2.75, 3.05) is 18.6 Å². The Kier molecular flexibility index (Phi) is 7.54. The lowest BCUT2D eigenvalue weighted by Crippen LogP contribution is -2.50. The quantitative estimate of drug-likeness (QED) is 0.461. The van der Waals surface area contributed by atoms with Gasteiger partial charge in [-0.3, -0.25) is 4.90 Å². The number of carbonyl (C=O) groups is 1. The average Bonchev–Trinajstić information content (AvgIpc) is 2.76. The van der Waals surface area contributed by atoms with E-state index in [1.807, 2.05) is 0 Å². The number of hydrogen-bond acceptors (Lipinski definition) is 4. The number of rotatable bonds is 10. The van der Waals surface area contributed by atoms with Gasteiger partial charge in [-0.1, -0.05) is 51.2 Å². The normalized spacial score (nSPS) is 15.1. The summed E-state index contributed by atoms with van der Waals surface area (Å²) in [7, 11) is -2.55. The van der Waals surface area contributed by atoms with E-state index in [1.54, 1.807) is 31.4 Å². The number of urea groups is 1. The van der Waals surface area contributed by atoms with E-state index in [-0.39, 0.29) is 17.1 Å². The molecule has 0 radical (unpaired) electrons. The molecule has 0 atom stereocenters. The van der Waals surface area contributed by atoms with E-state index in [4.69, 9.17) is 4.74 Å². The van der Waals surface area contributed by atoms with Crippen molar-refractivity contribution in [3.05, 3.63) is 53.8 Å². The first-order valence-electron chi connectivity index (χ1n) is 10.6. The highest BCUT2D eigenvalue weighted by atomic mass is 32.2. The molecule has 31 heavy (non-hydrogen) atoms. The van der Waals surface area contributed by atoms with E-state index in [2.05, 4.69) is 6.92 Å². The average molecular weight is 449 g/mol. The van der Waals surface area contributed by atoms with Crippen molar-refractivity contribution in [2.45, 2.75) is 56.9 Å². The first kappa shape index (κ1) is 23.1. The minimum absolute atomic E-state index is 0.0482. The number of nitrogens with zero attached hydrogens (tertiary/aromatic N) is 2. The number of fused-ring (bicyclic) bond motifs is 1. The molecule has 6 nitrogen and oxygen atoms in total. The van der Waals surface area contributed by atoms with Gasteiger partial charge in [-0.05, 0) is 42.3 Å². The van der Waals surface area contributed by atoms with Crippen LogP contribution in [0, 0.1) is 5.82 Å². The molecule has 0 saturated carbocycles. The van der Waals surface area contributed by atoms with Crippen molar-refractivity contribution in [3.63, 3.8) is 0 Å². The molecule has 0 spiro atoms. The van der Waals surface area contributed by atoms with Crippen molar-refractivity contribution in [2.24, 2.45) is 0 Å². The molecule has 0 bridgehead atoms. The molecule has 2 aromatic rings. The Morgan fingerprint density at radius 3 is 2.32 bits per heavy atom. The Hall–Kier alpha value is -2.61.